The number of Topliss-reactive ketones (excluding diaryl/α,β-unsaturated/α-hetero) is 1. The average Bonchev–Trinajstić information content (AvgIpc) is 2.23. The second kappa shape index (κ2) is 3.47. The van der Waals surface area contributed by atoms with E-state index in [-0.39, 0.29) is 10.8 Å². The van der Waals surface area contributed by atoms with Crippen LogP contribution < -0.4 is 0 Å². The lowest BCUT2D eigenvalue weighted by Gasteiger charge is -2.36. The lowest BCUT2D eigenvalue weighted by molar-refractivity contribution is -0.131. The molecule has 0 aromatic carbocycles. The average molecular weight is 206 g/mol. The van der Waals surface area contributed by atoms with Crippen LogP contribution >= 0.6 is 0 Å². The Morgan fingerprint density at radius 1 is 1.27 bits per heavy atom. The summed E-state index contributed by atoms with van der Waals surface area (Å²) < 4.78 is 0. The zero-order valence-corrected chi connectivity index (χ0v) is 10.2. The number of rotatable bonds is 0. The molecular weight excluding hydrogens is 184 g/mol. The summed E-state index contributed by atoms with van der Waals surface area (Å²) in [4.78, 5) is 12.4. The fourth-order valence-corrected chi connectivity index (χ4v) is 3.08. The largest absolute Gasteiger partial charge is 0.299 e. The molecule has 15 heavy (non-hydrogen) atoms. The molecule has 0 radical (unpaired) electrons. The third-order valence-corrected chi connectivity index (χ3v) is 4.48. The first-order chi connectivity index (χ1) is 6.94. The number of fused-ring (bicyclic) bond motifs is 1. The van der Waals surface area contributed by atoms with Crippen LogP contribution in [0.4, 0.5) is 0 Å². The van der Waals surface area contributed by atoms with Gasteiger partial charge in [-0.25, -0.2) is 0 Å². The third kappa shape index (κ3) is 1.89. The highest BCUT2D eigenvalue weighted by Crippen LogP contribution is 2.48. The molecule has 2 aliphatic rings. The number of hydrogen-bond donors (Lipinski definition) is 0. The van der Waals surface area contributed by atoms with Crippen LogP contribution in [0.5, 0.6) is 0 Å². The van der Waals surface area contributed by atoms with Gasteiger partial charge in [0.25, 0.3) is 0 Å². The predicted octanol–water partition coefficient (Wildman–Crippen LogP) is 3.74. The number of ketones is 1. The lowest BCUT2D eigenvalue weighted by Crippen LogP contribution is -2.36. The van der Waals surface area contributed by atoms with E-state index in [1.165, 1.54) is 12.8 Å². The Balaban J connectivity index is 2.29. The highest BCUT2D eigenvalue weighted by Gasteiger charge is 2.45. The molecule has 1 heteroatoms. The molecule has 0 N–H and O–H groups in total. The van der Waals surface area contributed by atoms with Crippen molar-refractivity contribution in [1.29, 1.82) is 0 Å². The fraction of sp³-hybridized carbons (Fsp3) is 0.786. The highest BCUT2D eigenvalue weighted by molar-refractivity contribution is 5.86. The molecule has 1 saturated carbocycles. The molecule has 0 heterocycles. The van der Waals surface area contributed by atoms with E-state index in [1.807, 2.05) is 0 Å². The van der Waals surface area contributed by atoms with Crippen molar-refractivity contribution in [3.8, 4) is 0 Å². The number of hydrogen-bond acceptors (Lipinski definition) is 1. The van der Waals surface area contributed by atoms with Crippen molar-refractivity contribution >= 4 is 5.78 Å². The molecule has 1 fully saturated rings. The van der Waals surface area contributed by atoms with Gasteiger partial charge in [0.15, 0.2) is 0 Å². The molecule has 2 aliphatic carbocycles. The van der Waals surface area contributed by atoms with Crippen molar-refractivity contribution in [3.05, 3.63) is 12.2 Å². The van der Waals surface area contributed by atoms with Gasteiger partial charge in [0.2, 0.25) is 0 Å². The number of allylic oxidation sites excluding steroid dienone is 2. The first kappa shape index (κ1) is 10.9. The Morgan fingerprint density at radius 2 is 2.00 bits per heavy atom. The SMILES string of the molecule is CC1(C)CC[C@H]2CC=CC[C@@]2(C)C(=O)C1. The van der Waals surface area contributed by atoms with Crippen LogP contribution in [0, 0.1) is 16.7 Å². The van der Waals surface area contributed by atoms with Gasteiger partial charge in [-0.2, -0.15) is 0 Å². The molecule has 0 saturated heterocycles. The van der Waals surface area contributed by atoms with Gasteiger partial charge < -0.3 is 0 Å². The van der Waals surface area contributed by atoms with Gasteiger partial charge >= 0.3 is 0 Å². The summed E-state index contributed by atoms with van der Waals surface area (Å²) in [6.45, 7) is 6.66. The lowest BCUT2D eigenvalue weighted by atomic mass is 9.66. The molecule has 0 aromatic heterocycles. The second-order valence-corrected chi connectivity index (χ2v) is 6.33. The van der Waals surface area contributed by atoms with Gasteiger partial charge in [0.05, 0.1) is 0 Å². The van der Waals surface area contributed by atoms with E-state index in [2.05, 4.69) is 32.9 Å². The molecule has 0 bridgehead atoms. The Hall–Kier alpha value is -0.590. The monoisotopic (exact) mass is 206 g/mol. The van der Waals surface area contributed by atoms with Crippen molar-refractivity contribution in [1.82, 2.24) is 0 Å². The van der Waals surface area contributed by atoms with E-state index >= 15 is 0 Å². The van der Waals surface area contributed by atoms with Crippen molar-refractivity contribution < 1.29 is 4.79 Å². The van der Waals surface area contributed by atoms with E-state index < -0.39 is 0 Å². The minimum Gasteiger partial charge on any atom is -0.299 e. The fourth-order valence-electron chi connectivity index (χ4n) is 3.08. The Bertz CT molecular complexity index is 300. The quantitative estimate of drug-likeness (QED) is 0.552. The second-order valence-electron chi connectivity index (χ2n) is 6.33. The van der Waals surface area contributed by atoms with Crippen molar-refractivity contribution in [3.63, 3.8) is 0 Å². The summed E-state index contributed by atoms with van der Waals surface area (Å²) in [6, 6.07) is 0. The molecule has 1 nitrogen and oxygen atoms in total. The summed E-state index contributed by atoms with van der Waals surface area (Å²) >= 11 is 0. The van der Waals surface area contributed by atoms with Gasteiger partial charge in [-0.3, -0.25) is 4.79 Å². The van der Waals surface area contributed by atoms with Crippen LogP contribution in [-0.2, 0) is 4.79 Å². The molecule has 84 valence electrons. The normalized spacial score (nSPS) is 39.7. The van der Waals surface area contributed by atoms with Gasteiger partial charge in [-0.05, 0) is 37.0 Å². The maximum absolute atomic E-state index is 12.4. The maximum Gasteiger partial charge on any atom is 0.139 e. The van der Waals surface area contributed by atoms with E-state index in [0.29, 0.717) is 11.7 Å². The van der Waals surface area contributed by atoms with Gasteiger partial charge in [-0.15, -0.1) is 0 Å². The topological polar surface area (TPSA) is 17.1 Å². The van der Waals surface area contributed by atoms with Crippen LogP contribution in [0.3, 0.4) is 0 Å². The summed E-state index contributed by atoms with van der Waals surface area (Å²) in [7, 11) is 0. The molecule has 2 rings (SSSR count). The van der Waals surface area contributed by atoms with Crippen molar-refractivity contribution in [2.24, 2.45) is 16.7 Å². The van der Waals surface area contributed by atoms with E-state index in [4.69, 9.17) is 0 Å². The Morgan fingerprint density at radius 3 is 2.73 bits per heavy atom. The summed E-state index contributed by atoms with van der Waals surface area (Å²) in [5, 5.41) is 0. The number of carbonyl (C=O) groups is 1. The Kier molecular flexibility index (Phi) is 2.52. The van der Waals surface area contributed by atoms with Gasteiger partial charge in [-0.1, -0.05) is 32.9 Å². The smallest absolute Gasteiger partial charge is 0.139 e. The van der Waals surface area contributed by atoms with Crippen LogP contribution in [0.2, 0.25) is 0 Å². The minimum atomic E-state index is -0.0531. The van der Waals surface area contributed by atoms with Crippen LogP contribution in [-0.4, -0.2) is 5.78 Å². The van der Waals surface area contributed by atoms with Crippen LogP contribution in [0.15, 0.2) is 12.2 Å². The first-order valence-corrected chi connectivity index (χ1v) is 6.12. The third-order valence-electron chi connectivity index (χ3n) is 4.48. The molecule has 0 amide bonds. The molecule has 0 aliphatic heterocycles. The first-order valence-electron chi connectivity index (χ1n) is 6.12. The minimum absolute atomic E-state index is 0.0531. The summed E-state index contributed by atoms with van der Waals surface area (Å²) in [6.07, 6.45) is 9.73. The number of carbonyl (C=O) groups excluding carboxylic acids is 1. The van der Waals surface area contributed by atoms with E-state index in [0.717, 1.165) is 19.3 Å². The molecule has 2 atom stereocenters. The standard InChI is InChI=1S/C14H22O/c1-13(2)9-7-11-6-4-5-8-14(11,3)12(15)10-13/h4-5,11H,6-10H2,1-3H3/t11-,14-/m1/s1. The van der Waals surface area contributed by atoms with Gasteiger partial charge in [0.1, 0.15) is 5.78 Å². The molecule has 0 aromatic rings. The van der Waals surface area contributed by atoms with Crippen molar-refractivity contribution in [2.75, 3.05) is 0 Å². The zero-order chi connectivity index (χ0) is 11.1. The summed E-state index contributed by atoms with van der Waals surface area (Å²) in [5.74, 6) is 1.09. The maximum atomic E-state index is 12.4. The van der Waals surface area contributed by atoms with Crippen LogP contribution in [0.1, 0.15) is 52.9 Å². The van der Waals surface area contributed by atoms with Crippen molar-refractivity contribution in [2.45, 2.75) is 52.9 Å². The van der Waals surface area contributed by atoms with Crippen LogP contribution in [0.25, 0.3) is 0 Å². The summed E-state index contributed by atoms with van der Waals surface area (Å²) in [5.41, 5.74) is 0.167. The Labute approximate surface area is 92.9 Å². The van der Waals surface area contributed by atoms with E-state index in [9.17, 15) is 4.79 Å². The van der Waals surface area contributed by atoms with E-state index in [1.54, 1.807) is 0 Å². The predicted molar refractivity (Wildman–Crippen MR) is 62.6 cm³/mol. The molecule has 0 spiro atoms. The van der Waals surface area contributed by atoms with Gasteiger partial charge in [0, 0.05) is 11.8 Å². The zero-order valence-electron chi connectivity index (χ0n) is 10.2. The molecule has 0 unspecified atom stereocenters. The molecular formula is C14H22O. The highest BCUT2D eigenvalue weighted by atomic mass is 16.1.